The summed E-state index contributed by atoms with van der Waals surface area (Å²) in [6, 6.07) is 0.562. The van der Waals surface area contributed by atoms with E-state index < -0.39 is 0 Å². The van der Waals surface area contributed by atoms with Gasteiger partial charge < -0.3 is 10.1 Å². The molecule has 0 amide bonds. The molecule has 0 atom stereocenters. The number of ether oxygens (including phenoxy) is 1. The number of rotatable bonds is 2. The van der Waals surface area contributed by atoms with Gasteiger partial charge in [0.2, 0.25) is 0 Å². The molecule has 2 aliphatic rings. The van der Waals surface area contributed by atoms with Gasteiger partial charge in [-0.2, -0.15) is 0 Å². The molecule has 1 radical (unpaired) electrons. The van der Waals surface area contributed by atoms with Crippen LogP contribution in [0.15, 0.2) is 24.4 Å². The molecule has 3 heteroatoms. The molecule has 3 nitrogen and oxygen atoms in total. The van der Waals surface area contributed by atoms with E-state index in [9.17, 15) is 0 Å². The Kier molecular flexibility index (Phi) is 3.00. The van der Waals surface area contributed by atoms with E-state index in [4.69, 9.17) is 4.74 Å². The van der Waals surface area contributed by atoms with Gasteiger partial charge in [0.1, 0.15) is 6.17 Å². The van der Waals surface area contributed by atoms with Crippen LogP contribution in [-0.4, -0.2) is 19.3 Å². The molecule has 1 fully saturated rings. The maximum atomic E-state index is 5.29. The average Bonchev–Trinajstić information content (AvgIpc) is 2.21. The van der Waals surface area contributed by atoms with E-state index in [1.165, 1.54) is 0 Å². The van der Waals surface area contributed by atoms with E-state index in [1.807, 2.05) is 18.4 Å². The van der Waals surface area contributed by atoms with Crippen molar-refractivity contribution in [2.75, 3.05) is 13.2 Å². The molecule has 0 aromatic rings. The molecule has 2 N–H and O–H groups in total. The Morgan fingerprint density at radius 3 is 2.85 bits per heavy atom. The summed E-state index contributed by atoms with van der Waals surface area (Å²) in [4.78, 5) is 0. The fourth-order valence-electron chi connectivity index (χ4n) is 1.54. The molecular formula is C10H15N2O. The minimum Gasteiger partial charge on any atom is -0.381 e. The van der Waals surface area contributed by atoms with Crippen molar-refractivity contribution in [1.82, 2.24) is 10.6 Å². The molecule has 0 bridgehead atoms. The standard InChI is InChI=1S/C10H15N2O/c1-2-6-11-10(3-1)12-9-4-7-13-8-5-9/h1-3,6,9,11-12H,4-5,7-8H2. The van der Waals surface area contributed by atoms with Gasteiger partial charge in [-0.25, -0.2) is 0 Å². The van der Waals surface area contributed by atoms with Gasteiger partial charge >= 0.3 is 0 Å². The molecule has 1 saturated heterocycles. The van der Waals surface area contributed by atoms with Crippen molar-refractivity contribution in [2.45, 2.75) is 18.9 Å². The number of hydrogen-bond acceptors (Lipinski definition) is 3. The Morgan fingerprint density at radius 2 is 2.15 bits per heavy atom. The fraction of sp³-hybridized carbons (Fsp3) is 0.500. The summed E-state index contributed by atoms with van der Waals surface area (Å²) in [6.07, 6.45) is 11.3. The number of hydrogen-bond donors (Lipinski definition) is 2. The average molecular weight is 179 g/mol. The predicted molar refractivity (Wildman–Crippen MR) is 51.6 cm³/mol. The van der Waals surface area contributed by atoms with Crippen LogP contribution in [0.2, 0.25) is 0 Å². The quantitative estimate of drug-likeness (QED) is 0.661. The highest BCUT2D eigenvalue weighted by molar-refractivity contribution is 5.20. The molecule has 0 aliphatic carbocycles. The van der Waals surface area contributed by atoms with Gasteiger partial charge in [0, 0.05) is 19.3 Å². The van der Waals surface area contributed by atoms with Gasteiger partial charge in [-0.15, -0.1) is 0 Å². The van der Waals surface area contributed by atoms with E-state index >= 15 is 0 Å². The summed E-state index contributed by atoms with van der Waals surface area (Å²) < 4.78 is 5.29. The predicted octanol–water partition coefficient (Wildman–Crippen LogP) is 0.918. The SMILES string of the molecule is C1=CN[C](NC2CCOCC2)C=C1. The molecule has 0 saturated carbocycles. The molecule has 0 aromatic heterocycles. The van der Waals surface area contributed by atoms with E-state index in [1.54, 1.807) is 0 Å². The molecule has 2 heterocycles. The normalized spacial score (nSPS) is 24.6. The lowest BCUT2D eigenvalue weighted by Crippen LogP contribution is -2.41. The first-order chi connectivity index (χ1) is 6.45. The molecular weight excluding hydrogens is 164 g/mol. The Morgan fingerprint density at radius 1 is 1.31 bits per heavy atom. The Hall–Kier alpha value is -0.800. The summed E-state index contributed by atoms with van der Waals surface area (Å²) >= 11 is 0. The third-order valence-corrected chi connectivity index (χ3v) is 2.29. The maximum absolute atomic E-state index is 5.29. The third-order valence-electron chi connectivity index (χ3n) is 2.29. The Labute approximate surface area is 78.8 Å². The van der Waals surface area contributed by atoms with Crippen LogP contribution in [0.3, 0.4) is 0 Å². The van der Waals surface area contributed by atoms with Gasteiger partial charge in [-0.1, -0.05) is 6.08 Å². The van der Waals surface area contributed by atoms with E-state index in [-0.39, 0.29) is 0 Å². The highest BCUT2D eigenvalue weighted by atomic mass is 16.5. The van der Waals surface area contributed by atoms with Gasteiger partial charge in [0.15, 0.2) is 0 Å². The van der Waals surface area contributed by atoms with Crippen molar-refractivity contribution in [3.8, 4) is 0 Å². The van der Waals surface area contributed by atoms with E-state index in [2.05, 4.69) is 16.7 Å². The van der Waals surface area contributed by atoms with Crippen molar-refractivity contribution in [3.05, 3.63) is 30.6 Å². The van der Waals surface area contributed by atoms with Crippen LogP contribution in [0, 0.1) is 6.17 Å². The smallest absolute Gasteiger partial charge is 0.149 e. The molecule has 0 aromatic carbocycles. The lowest BCUT2D eigenvalue weighted by Gasteiger charge is -2.27. The summed E-state index contributed by atoms with van der Waals surface area (Å²) in [7, 11) is 0. The summed E-state index contributed by atoms with van der Waals surface area (Å²) in [5.41, 5.74) is 0. The lowest BCUT2D eigenvalue weighted by atomic mass is 10.1. The fourth-order valence-corrected chi connectivity index (χ4v) is 1.54. The molecule has 71 valence electrons. The number of dihydropyridines is 1. The van der Waals surface area contributed by atoms with Crippen LogP contribution in [0.4, 0.5) is 0 Å². The van der Waals surface area contributed by atoms with Crippen LogP contribution >= 0.6 is 0 Å². The molecule has 0 spiro atoms. The zero-order valence-corrected chi connectivity index (χ0v) is 7.62. The molecule has 13 heavy (non-hydrogen) atoms. The minimum absolute atomic E-state index is 0.562. The van der Waals surface area contributed by atoms with Crippen LogP contribution in [0.5, 0.6) is 0 Å². The largest absolute Gasteiger partial charge is 0.381 e. The number of nitrogens with one attached hydrogen (secondary N) is 2. The Balaban J connectivity index is 1.76. The van der Waals surface area contributed by atoms with Crippen LogP contribution in [0.1, 0.15) is 12.8 Å². The minimum atomic E-state index is 0.562. The molecule has 0 unspecified atom stereocenters. The highest BCUT2D eigenvalue weighted by Crippen LogP contribution is 2.09. The first-order valence-electron chi connectivity index (χ1n) is 4.76. The highest BCUT2D eigenvalue weighted by Gasteiger charge is 2.16. The second kappa shape index (κ2) is 4.44. The van der Waals surface area contributed by atoms with Gasteiger partial charge in [0.05, 0.1) is 0 Å². The first kappa shape index (κ1) is 8.78. The zero-order valence-electron chi connectivity index (χ0n) is 7.62. The van der Waals surface area contributed by atoms with E-state index in [0.717, 1.165) is 32.2 Å². The zero-order chi connectivity index (χ0) is 8.93. The van der Waals surface area contributed by atoms with Crippen molar-refractivity contribution >= 4 is 0 Å². The lowest BCUT2D eigenvalue weighted by molar-refractivity contribution is 0.0787. The van der Waals surface area contributed by atoms with Crippen LogP contribution in [-0.2, 0) is 4.74 Å². The summed E-state index contributed by atoms with van der Waals surface area (Å²) in [6.45, 7) is 1.76. The van der Waals surface area contributed by atoms with Gasteiger partial charge in [-0.3, -0.25) is 5.32 Å². The monoisotopic (exact) mass is 179 g/mol. The maximum Gasteiger partial charge on any atom is 0.149 e. The summed E-state index contributed by atoms with van der Waals surface area (Å²) in [5.74, 6) is 0. The molecule has 2 aliphatic heterocycles. The van der Waals surface area contributed by atoms with Gasteiger partial charge in [-0.05, 0) is 31.2 Å². The van der Waals surface area contributed by atoms with Gasteiger partial charge in [0.25, 0.3) is 0 Å². The second-order valence-electron chi connectivity index (χ2n) is 3.31. The van der Waals surface area contributed by atoms with E-state index in [0.29, 0.717) is 6.04 Å². The second-order valence-corrected chi connectivity index (χ2v) is 3.31. The molecule has 2 rings (SSSR count). The Bertz CT molecular complexity index is 207. The number of allylic oxidation sites excluding steroid dienone is 2. The van der Waals surface area contributed by atoms with Crippen molar-refractivity contribution in [2.24, 2.45) is 0 Å². The topological polar surface area (TPSA) is 33.3 Å². The third kappa shape index (κ3) is 2.57. The first-order valence-corrected chi connectivity index (χ1v) is 4.76. The van der Waals surface area contributed by atoms with Crippen molar-refractivity contribution in [1.29, 1.82) is 0 Å². The van der Waals surface area contributed by atoms with Crippen molar-refractivity contribution in [3.63, 3.8) is 0 Å². The summed E-state index contributed by atoms with van der Waals surface area (Å²) in [5, 5.41) is 6.61. The van der Waals surface area contributed by atoms with Crippen molar-refractivity contribution < 1.29 is 4.74 Å². The van der Waals surface area contributed by atoms with Crippen LogP contribution < -0.4 is 10.6 Å². The van der Waals surface area contributed by atoms with Crippen LogP contribution in [0.25, 0.3) is 0 Å².